The summed E-state index contributed by atoms with van der Waals surface area (Å²) in [5.74, 6) is 0. The molecule has 20 heavy (non-hydrogen) atoms. The van der Waals surface area contributed by atoms with Crippen molar-refractivity contribution in [1.82, 2.24) is 10.2 Å². The van der Waals surface area contributed by atoms with E-state index in [4.69, 9.17) is 0 Å². The fraction of sp³-hybridized carbons (Fsp3) is 0.600. The Morgan fingerprint density at radius 2 is 1.95 bits per heavy atom. The predicted octanol–water partition coefficient (Wildman–Crippen LogP) is 2.84. The normalized spacial score (nSPS) is 24.8. The molecule has 5 heteroatoms. The van der Waals surface area contributed by atoms with Crippen molar-refractivity contribution in [2.24, 2.45) is 0 Å². The third-order valence-electron chi connectivity index (χ3n) is 3.79. The Kier molecular flexibility index (Phi) is 5.05. The van der Waals surface area contributed by atoms with Gasteiger partial charge < -0.3 is 5.32 Å². The smallest absolute Gasteiger partial charge is 0.311 e. The molecule has 2 atom stereocenters. The highest BCUT2D eigenvalue weighted by molar-refractivity contribution is 5.16. The van der Waals surface area contributed by atoms with Gasteiger partial charge in [-0.15, -0.1) is 0 Å². The molecule has 1 saturated heterocycles. The van der Waals surface area contributed by atoms with Crippen molar-refractivity contribution in [2.75, 3.05) is 19.6 Å². The summed E-state index contributed by atoms with van der Waals surface area (Å²) in [5.41, 5.74) is 1.22. The van der Waals surface area contributed by atoms with Crippen LogP contribution in [0.1, 0.15) is 18.9 Å². The van der Waals surface area contributed by atoms with Crippen molar-refractivity contribution in [2.45, 2.75) is 38.0 Å². The van der Waals surface area contributed by atoms with E-state index >= 15 is 0 Å². The van der Waals surface area contributed by atoms with Gasteiger partial charge in [-0.05, 0) is 18.9 Å². The first-order valence-corrected chi connectivity index (χ1v) is 7.02. The highest BCUT2D eigenvalue weighted by atomic mass is 19.4. The molecule has 0 saturated carbocycles. The van der Waals surface area contributed by atoms with Gasteiger partial charge in [-0.25, -0.2) is 0 Å². The molecule has 1 aromatic rings. The van der Waals surface area contributed by atoms with E-state index < -0.39 is 12.6 Å². The number of hydrogen-bond donors (Lipinski definition) is 1. The largest absolute Gasteiger partial charge is 0.390 e. The number of hydrogen-bond acceptors (Lipinski definition) is 2. The van der Waals surface area contributed by atoms with E-state index in [-0.39, 0.29) is 18.6 Å². The minimum atomic E-state index is -4.07. The van der Waals surface area contributed by atoms with Gasteiger partial charge in [-0.1, -0.05) is 30.3 Å². The standard InChI is InChI=1S/C15H21F3N2/c1-12-10-19-14(9-13-5-3-2-4-6-13)11-20(12)8-7-15(16,17)18/h2-6,12,14,19H,7-11H2,1H3. The van der Waals surface area contributed by atoms with Gasteiger partial charge >= 0.3 is 6.18 Å². The summed E-state index contributed by atoms with van der Waals surface area (Å²) in [7, 11) is 0. The molecule has 1 aromatic carbocycles. The molecule has 2 nitrogen and oxygen atoms in total. The van der Waals surface area contributed by atoms with Gasteiger partial charge in [-0.2, -0.15) is 13.2 Å². The van der Waals surface area contributed by atoms with Crippen LogP contribution in [0.5, 0.6) is 0 Å². The summed E-state index contributed by atoms with van der Waals surface area (Å²) in [6, 6.07) is 10.4. The van der Waals surface area contributed by atoms with Crippen LogP contribution in [0.2, 0.25) is 0 Å². The van der Waals surface area contributed by atoms with E-state index in [1.807, 2.05) is 30.0 Å². The Morgan fingerprint density at radius 1 is 1.25 bits per heavy atom. The molecule has 1 aliphatic rings. The van der Waals surface area contributed by atoms with Crippen LogP contribution in [-0.2, 0) is 6.42 Å². The first kappa shape index (κ1) is 15.3. The number of rotatable bonds is 4. The van der Waals surface area contributed by atoms with E-state index in [9.17, 15) is 13.2 Å². The van der Waals surface area contributed by atoms with Gasteiger partial charge in [-0.3, -0.25) is 4.90 Å². The lowest BCUT2D eigenvalue weighted by Crippen LogP contribution is -2.56. The molecule has 0 radical (unpaired) electrons. The Morgan fingerprint density at radius 3 is 2.60 bits per heavy atom. The van der Waals surface area contributed by atoms with Crippen molar-refractivity contribution >= 4 is 0 Å². The molecule has 112 valence electrons. The maximum atomic E-state index is 12.3. The zero-order valence-electron chi connectivity index (χ0n) is 11.7. The lowest BCUT2D eigenvalue weighted by atomic mass is 10.0. The zero-order chi connectivity index (χ0) is 14.6. The van der Waals surface area contributed by atoms with Crippen LogP contribution < -0.4 is 5.32 Å². The van der Waals surface area contributed by atoms with Crippen molar-refractivity contribution < 1.29 is 13.2 Å². The SMILES string of the molecule is CC1CNC(Cc2ccccc2)CN1CCC(F)(F)F. The summed E-state index contributed by atoms with van der Waals surface area (Å²) in [4.78, 5) is 1.94. The molecular formula is C15H21F3N2. The minimum Gasteiger partial charge on any atom is -0.311 e. The number of nitrogens with one attached hydrogen (secondary N) is 1. The molecule has 2 unspecified atom stereocenters. The second kappa shape index (κ2) is 6.59. The third kappa shape index (κ3) is 4.80. The van der Waals surface area contributed by atoms with E-state index in [1.165, 1.54) is 5.56 Å². The molecular weight excluding hydrogens is 265 g/mol. The van der Waals surface area contributed by atoms with Crippen LogP contribution in [-0.4, -0.2) is 42.8 Å². The van der Waals surface area contributed by atoms with Crippen molar-refractivity contribution in [3.63, 3.8) is 0 Å². The second-order valence-corrected chi connectivity index (χ2v) is 5.50. The molecule has 0 aliphatic carbocycles. The van der Waals surface area contributed by atoms with Gasteiger partial charge in [0.2, 0.25) is 0 Å². The van der Waals surface area contributed by atoms with Crippen LogP contribution in [0, 0.1) is 0 Å². The van der Waals surface area contributed by atoms with E-state index in [0.29, 0.717) is 6.54 Å². The lowest BCUT2D eigenvalue weighted by Gasteiger charge is -2.39. The second-order valence-electron chi connectivity index (χ2n) is 5.50. The van der Waals surface area contributed by atoms with Gasteiger partial charge in [0.25, 0.3) is 0 Å². The average Bonchev–Trinajstić information content (AvgIpc) is 2.40. The van der Waals surface area contributed by atoms with E-state index in [2.05, 4.69) is 17.4 Å². The van der Waals surface area contributed by atoms with Crippen LogP contribution in [0.25, 0.3) is 0 Å². The maximum Gasteiger partial charge on any atom is 0.390 e. The summed E-state index contributed by atoms with van der Waals surface area (Å²) >= 11 is 0. The minimum absolute atomic E-state index is 0.0949. The highest BCUT2D eigenvalue weighted by Gasteiger charge is 2.31. The summed E-state index contributed by atoms with van der Waals surface area (Å²) in [5, 5.41) is 3.42. The Hall–Kier alpha value is -1.07. The fourth-order valence-electron chi connectivity index (χ4n) is 2.61. The number of halogens is 3. The van der Waals surface area contributed by atoms with E-state index in [0.717, 1.165) is 13.0 Å². The number of nitrogens with zero attached hydrogens (tertiary/aromatic N) is 1. The lowest BCUT2D eigenvalue weighted by molar-refractivity contribution is -0.139. The summed E-state index contributed by atoms with van der Waals surface area (Å²) < 4.78 is 37.0. The molecule has 1 aliphatic heterocycles. The Bertz CT molecular complexity index is 405. The van der Waals surface area contributed by atoms with Gasteiger partial charge in [0, 0.05) is 31.7 Å². The molecule has 1 fully saturated rings. The Balaban J connectivity index is 1.87. The molecule has 1 N–H and O–H groups in total. The van der Waals surface area contributed by atoms with Crippen molar-refractivity contribution in [3.05, 3.63) is 35.9 Å². The number of piperazine rings is 1. The number of alkyl halides is 3. The van der Waals surface area contributed by atoms with Crippen molar-refractivity contribution in [1.29, 1.82) is 0 Å². The molecule has 1 heterocycles. The van der Waals surface area contributed by atoms with Gasteiger partial charge in [0.1, 0.15) is 0 Å². The summed E-state index contributed by atoms with van der Waals surface area (Å²) in [6.45, 7) is 3.49. The van der Waals surface area contributed by atoms with Crippen LogP contribution in [0.4, 0.5) is 13.2 Å². The fourth-order valence-corrected chi connectivity index (χ4v) is 2.61. The topological polar surface area (TPSA) is 15.3 Å². The Labute approximate surface area is 118 Å². The number of benzene rings is 1. The average molecular weight is 286 g/mol. The first-order valence-electron chi connectivity index (χ1n) is 7.02. The predicted molar refractivity (Wildman–Crippen MR) is 73.6 cm³/mol. The molecule has 0 spiro atoms. The molecule has 0 amide bonds. The molecule has 0 aromatic heterocycles. The summed E-state index contributed by atoms with van der Waals surface area (Å²) in [6.07, 6.45) is -3.94. The van der Waals surface area contributed by atoms with Gasteiger partial charge in [0.15, 0.2) is 0 Å². The monoisotopic (exact) mass is 286 g/mol. The van der Waals surface area contributed by atoms with Crippen LogP contribution >= 0.6 is 0 Å². The van der Waals surface area contributed by atoms with Crippen molar-refractivity contribution in [3.8, 4) is 0 Å². The van der Waals surface area contributed by atoms with E-state index in [1.54, 1.807) is 0 Å². The quantitative estimate of drug-likeness (QED) is 0.915. The molecule has 2 rings (SSSR count). The molecule has 0 bridgehead atoms. The third-order valence-corrected chi connectivity index (χ3v) is 3.79. The highest BCUT2D eigenvalue weighted by Crippen LogP contribution is 2.21. The first-order chi connectivity index (χ1) is 9.44. The zero-order valence-corrected chi connectivity index (χ0v) is 11.7. The van der Waals surface area contributed by atoms with Gasteiger partial charge in [0.05, 0.1) is 6.42 Å². The van der Waals surface area contributed by atoms with Crippen LogP contribution in [0.3, 0.4) is 0 Å². The maximum absolute atomic E-state index is 12.3. The van der Waals surface area contributed by atoms with Crippen LogP contribution in [0.15, 0.2) is 30.3 Å².